The monoisotopic (exact) mass is 124 g/mol. The van der Waals surface area contributed by atoms with Gasteiger partial charge in [0.2, 0.25) is 0 Å². The maximum absolute atomic E-state index is 3.66. The van der Waals surface area contributed by atoms with Crippen LogP contribution in [0.5, 0.6) is 0 Å². The standard InChI is InChI=1S/C9H16/c1-4-6-7-8-9(3)5-2/h4-5H,1,6-8H2,2-3H3. The van der Waals surface area contributed by atoms with E-state index in [2.05, 4.69) is 26.5 Å². The summed E-state index contributed by atoms with van der Waals surface area (Å²) in [5.74, 6) is 0. The van der Waals surface area contributed by atoms with Gasteiger partial charge in [-0.2, -0.15) is 0 Å². The third kappa shape index (κ3) is 5.35. The zero-order valence-corrected chi connectivity index (χ0v) is 6.48. The molecule has 0 rings (SSSR count). The molecule has 0 aromatic carbocycles. The summed E-state index contributed by atoms with van der Waals surface area (Å²) in [6.07, 6.45) is 7.76. The minimum Gasteiger partial charge on any atom is -0.103 e. The third-order valence-corrected chi connectivity index (χ3v) is 1.47. The highest BCUT2D eigenvalue weighted by molar-refractivity contribution is 4.95. The van der Waals surface area contributed by atoms with E-state index in [9.17, 15) is 0 Å². The molecule has 0 radical (unpaired) electrons. The summed E-state index contributed by atoms with van der Waals surface area (Å²) >= 11 is 0. The minimum absolute atomic E-state index is 1.14. The van der Waals surface area contributed by atoms with Crippen LogP contribution >= 0.6 is 0 Å². The van der Waals surface area contributed by atoms with Crippen molar-refractivity contribution < 1.29 is 0 Å². The third-order valence-electron chi connectivity index (χ3n) is 1.47. The number of rotatable bonds is 4. The van der Waals surface area contributed by atoms with Crippen molar-refractivity contribution in [3.63, 3.8) is 0 Å². The Bertz CT molecular complexity index is 98.6. The van der Waals surface area contributed by atoms with E-state index < -0.39 is 0 Å². The molecular formula is C9H16. The van der Waals surface area contributed by atoms with Gasteiger partial charge >= 0.3 is 0 Å². The van der Waals surface area contributed by atoms with Crippen LogP contribution in [0.3, 0.4) is 0 Å². The van der Waals surface area contributed by atoms with Gasteiger partial charge in [-0.1, -0.05) is 17.7 Å². The fourth-order valence-electron chi connectivity index (χ4n) is 0.670. The van der Waals surface area contributed by atoms with Crippen molar-refractivity contribution in [3.05, 3.63) is 24.3 Å². The molecule has 0 atom stereocenters. The number of hydrogen-bond donors (Lipinski definition) is 0. The lowest BCUT2D eigenvalue weighted by Gasteiger charge is -1.95. The molecule has 0 spiro atoms. The van der Waals surface area contributed by atoms with Crippen LogP contribution < -0.4 is 0 Å². The molecule has 0 heteroatoms. The predicted octanol–water partition coefficient (Wildman–Crippen LogP) is 3.31. The fraction of sp³-hybridized carbons (Fsp3) is 0.556. The van der Waals surface area contributed by atoms with Crippen LogP contribution in [0.1, 0.15) is 33.1 Å². The molecule has 0 N–H and O–H groups in total. The second kappa shape index (κ2) is 5.61. The Morgan fingerprint density at radius 1 is 1.56 bits per heavy atom. The second-order valence-corrected chi connectivity index (χ2v) is 2.32. The summed E-state index contributed by atoms with van der Waals surface area (Å²) in [5.41, 5.74) is 1.48. The minimum atomic E-state index is 1.14. The van der Waals surface area contributed by atoms with E-state index in [1.807, 2.05) is 6.08 Å². The van der Waals surface area contributed by atoms with E-state index >= 15 is 0 Å². The number of hydrogen-bond acceptors (Lipinski definition) is 0. The molecule has 0 amide bonds. The number of unbranched alkanes of at least 4 members (excludes halogenated alkanes) is 1. The number of allylic oxidation sites excluding steroid dienone is 3. The molecule has 0 aliphatic carbocycles. The average Bonchev–Trinajstić information content (AvgIpc) is 1.89. The topological polar surface area (TPSA) is 0 Å². The van der Waals surface area contributed by atoms with Crippen molar-refractivity contribution in [2.45, 2.75) is 33.1 Å². The molecule has 0 heterocycles. The van der Waals surface area contributed by atoms with Gasteiger partial charge in [-0.15, -0.1) is 6.58 Å². The van der Waals surface area contributed by atoms with E-state index in [0.717, 1.165) is 6.42 Å². The molecule has 0 aromatic rings. The van der Waals surface area contributed by atoms with Crippen molar-refractivity contribution in [3.8, 4) is 0 Å². The van der Waals surface area contributed by atoms with Gasteiger partial charge in [0.15, 0.2) is 0 Å². The molecule has 0 aliphatic heterocycles. The van der Waals surface area contributed by atoms with Crippen molar-refractivity contribution in [1.29, 1.82) is 0 Å². The molecule has 0 saturated carbocycles. The van der Waals surface area contributed by atoms with E-state index in [-0.39, 0.29) is 0 Å². The average molecular weight is 124 g/mol. The van der Waals surface area contributed by atoms with Gasteiger partial charge in [0, 0.05) is 0 Å². The molecule has 0 fully saturated rings. The second-order valence-electron chi connectivity index (χ2n) is 2.32. The van der Waals surface area contributed by atoms with E-state index in [1.54, 1.807) is 0 Å². The summed E-state index contributed by atoms with van der Waals surface area (Å²) in [6, 6.07) is 0. The van der Waals surface area contributed by atoms with E-state index in [4.69, 9.17) is 0 Å². The zero-order valence-electron chi connectivity index (χ0n) is 6.48. The lowest BCUT2D eigenvalue weighted by molar-refractivity contribution is 0.832. The van der Waals surface area contributed by atoms with Crippen LogP contribution in [0.25, 0.3) is 0 Å². The molecule has 0 nitrogen and oxygen atoms in total. The summed E-state index contributed by atoms with van der Waals surface area (Å²) < 4.78 is 0. The Kier molecular flexibility index (Phi) is 5.29. The SMILES string of the molecule is C=CCCCC(C)=CC. The Balaban J connectivity index is 3.17. The first-order valence-corrected chi connectivity index (χ1v) is 3.54. The molecule has 0 unspecified atom stereocenters. The highest BCUT2D eigenvalue weighted by Crippen LogP contribution is 2.05. The van der Waals surface area contributed by atoms with Gasteiger partial charge in [0.25, 0.3) is 0 Å². The Labute approximate surface area is 58.3 Å². The summed E-state index contributed by atoms with van der Waals surface area (Å²) in [7, 11) is 0. The lowest BCUT2D eigenvalue weighted by Crippen LogP contribution is -1.75. The van der Waals surface area contributed by atoms with E-state index in [0.29, 0.717) is 0 Å². The van der Waals surface area contributed by atoms with Crippen LogP contribution in [0.2, 0.25) is 0 Å². The maximum atomic E-state index is 3.66. The van der Waals surface area contributed by atoms with Crippen molar-refractivity contribution in [1.82, 2.24) is 0 Å². The van der Waals surface area contributed by atoms with Gasteiger partial charge in [0.1, 0.15) is 0 Å². The fourth-order valence-corrected chi connectivity index (χ4v) is 0.670. The highest BCUT2D eigenvalue weighted by atomic mass is 13.9. The van der Waals surface area contributed by atoms with Crippen LogP contribution in [-0.2, 0) is 0 Å². The Morgan fingerprint density at radius 3 is 2.67 bits per heavy atom. The maximum Gasteiger partial charge on any atom is -0.0320 e. The predicted molar refractivity (Wildman–Crippen MR) is 43.5 cm³/mol. The first kappa shape index (κ1) is 8.48. The van der Waals surface area contributed by atoms with Crippen molar-refractivity contribution in [2.75, 3.05) is 0 Å². The summed E-state index contributed by atoms with van der Waals surface area (Å²) in [5, 5.41) is 0. The zero-order chi connectivity index (χ0) is 7.11. The van der Waals surface area contributed by atoms with Crippen LogP contribution in [-0.4, -0.2) is 0 Å². The van der Waals surface area contributed by atoms with Crippen LogP contribution in [0.4, 0.5) is 0 Å². The molecule has 0 saturated heterocycles. The largest absolute Gasteiger partial charge is 0.103 e. The first-order valence-electron chi connectivity index (χ1n) is 3.54. The molecule has 0 bridgehead atoms. The van der Waals surface area contributed by atoms with Gasteiger partial charge in [-0.25, -0.2) is 0 Å². The highest BCUT2D eigenvalue weighted by Gasteiger charge is 1.85. The van der Waals surface area contributed by atoms with Gasteiger partial charge in [0.05, 0.1) is 0 Å². The van der Waals surface area contributed by atoms with Gasteiger partial charge in [-0.3, -0.25) is 0 Å². The van der Waals surface area contributed by atoms with Gasteiger partial charge in [-0.05, 0) is 33.1 Å². The molecule has 0 aliphatic rings. The van der Waals surface area contributed by atoms with Crippen molar-refractivity contribution in [2.24, 2.45) is 0 Å². The Hall–Kier alpha value is -0.520. The molecule has 9 heavy (non-hydrogen) atoms. The van der Waals surface area contributed by atoms with Crippen LogP contribution in [0.15, 0.2) is 24.3 Å². The van der Waals surface area contributed by atoms with Crippen LogP contribution in [0, 0.1) is 0 Å². The summed E-state index contributed by atoms with van der Waals surface area (Å²) in [6.45, 7) is 7.92. The smallest absolute Gasteiger partial charge is 0.0320 e. The Morgan fingerprint density at radius 2 is 2.22 bits per heavy atom. The van der Waals surface area contributed by atoms with Gasteiger partial charge < -0.3 is 0 Å². The first-order chi connectivity index (χ1) is 4.31. The van der Waals surface area contributed by atoms with E-state index in [1.165, 1.54) is 18.4 Å². The van der Waals surface area contributed by atoms with Crippen molar-refractivity contribution >= 4 is 0 Å². The normalized spacial score (nSPS) is 11.6. The quantitative estimate of drug-likeness (QED) is 0.398. The summed E-state index contributed by atoms with van der Waals surface area (Å²) in [4.78, 5) is 0. The molecule has 0 aromatic heterocycles. The molecular weight excluding hydrogens is 108 g/mol. The molecule has 52 valence electrons. The lowest BCUT2D eigenvalue weighted by atomic mass is 10.1.